The zero-order chi connectivity index (χ0) is 14.6. The van der Waals surface area contributed by atoms with E-state index in [1.807, 2.05) is 24.3 Å². The van der Waals surface area contributed by atoms with Gasteiger partial charge in [-0.05, 0) is 48.2 Å². The number of ether oxygens (including phenoxy) is 1. The second-order valence-electron chi connectivity index (χ2n) is 4.84. The Morgan fingerprint density at radius 2 is 1.95 bits per heavy atom. The van der Waals surface area contributed by atoms with Crippen LogP contribution >= 0.6 is 11.8 Å². The molecule has 0 aromatic heterocycles. The Balaban J connectivity index is 1.87. The zero-order valence-corrected chi connectivity index (χ0v) is 12.1. The van der Waals surface area contributed by atoms with E-state index >= 15 is 0 Å². The molecule has 0 radical (unpaired) electrons. The molecule has 0 aliphatic heterocycles. The summed E-state index contributed by atoms with van der Waals surface area (Å²) < 4.78 is 41.3. The van der Waals surface area contributed by atoms with Crippen LogP contribution in [0.3, 0.4) is 0 Å². The fourth-order valence-corrected chi connectivity index (χ4v) is 2.63. The molecule has 0 spiro atoms. The van der Waals surface area contributed by atoms with E-state index in [1.165, 1.54) is 0 Å². The van der Waals surface area contributed by atoms with Crippen LogP contribution in [0, 0.1) is 5.92 Å². The number of benzene rings is 1. The highest BCUT2D eigenvalue weighted by Gasteiger charge is 2.32. The highest BCUT2D eigenvalue weighted by molar-refractivity contribution is 8.00. The number of rotatable bonds is 7. The van der Waals surface area contributed by atoms with Crippen LogP contribution in [0.1, 0.15) is 24.4 Å². The van der Waals surface area contributed by atoms with Crippen LogP contribution in [-0.2, 0) is 0 Å². The minimum atomic E-state index is -4.14. The average molecular weight is 305 g/mol. The van der Waals surface area contributed by atoms with Crippen LogP contribution in [0.5, 0.6) is 5.75 Å². The van der Waals surface area contributed by atoms with Crippen molar-refractivity contribution < 1.29 is 17.9 Å². The van der Waals surface area contributed by atoms with Gasteiger partial charge in [0.15, 0.2) is 0 Å². The largest absolute Gasteiger partial charge is 0.497 e. The lowest BCUT2D eigenvalue weighted by Crippen LogP contribution is -2.26. The van der Waals surface area contributed by atoms with Gasteiger partial charge in [-0.1, -0.05) is 12.1 Å². The summed E-state index contributed by atoms with van der Waals surface area (Å²) >= 11 is 0.0264. The minimum absolute atomic E-state index is 0.0264. The maximum Gasteiger partial charge on any atom is 0.441 e. The van der Waals surface area contributed by atoms with Gasteiger partial charge in [0.05, 0.1) is 7.11 Å². The highest BCUT2D eigenvalue weighted by Crippen LogP contribution is 2.41. The Labute approximate surface area is 121 Å². The van der Waals surface area contributed by atoms with Crippen molar-refractivity contribution in [3.8, 4) is 5.75 Å². The molecule has 20 heavy (non-hydrogen) atoms. The molecule has 1 N–H and O–H groups in total. The van der Waals surface area contributed by atoms with Gasteiger partial charge in [0.2, 0.25) is 0 Å². The van der Waals surface area contributed by atoms with E-state index in [0.717, 1.165) is 24.2 Å². The third-order valence-electron chi connectivity index (χ3n) is 3.30. The van der Waals surface area contributed by atoms with Crippen molar-refractivity contribution in [1.82, 2.24) is 5.32 Å². The molecule has 6 heteroatoms. The number of halogens is 3. The summed E-state index contributed by atoms with van der Waals surface area (Å²) in [7, 11) is 1.61. The molecule has 1 aliphatic carbocycles. The number of nitrogens with one attached hydrogen (secondary N) is 1. The van der Waals surface area contributed by atoms with Crippen LogP contribution in [0.25, 0.3) is 0 Å². The molecular weight excluding hydrogens is 287 g/mol. The van der Waals surface area contributed by atoms with Gasteiger partial charge < -0.3 is 10.1 Å². The first-order chi connectivity index (χ1) is 9.49. The van der Waals surface area contributed by atoms with E-state index in [1.54, 1.807) is 7.11 Å². The molecule has 112 valence electrons. The number of methoxy groups -OCH3 is 1. The smallest absolute Gasteiger partial charge is 0.441 e. The predicted molar refractivity (Wildman–Crippen MR) is 75.0 cm³/mol. The molecule has 2 rings (SSSR count). The Morgan fingerprint density at radius 1 is 1.30 bits per heavy atom. The second kappa shape index (κ2) is 6.72. The van der Waals surface area contributed by atoms with Crippen LogP contribution in [0.15, 0.2) is 24.3 Å². The number of hydrogen-bond acceptors (Lipinski definition) is 3. The monoisotopic (exact) mass is 305 g/mol. The van der Waals surface area contributed by atoms with E-state index in [-0.39, 0.29) is 23.6 Å². The molecule has 1 atom stereocenters. The maximum atomic E-state index is 12.1. The second-order valence-corrected chi connectivity index (χ2v) is 6.00. The Morgan fingerprint density at radius 3 is 2.45 bits per heavy atom. The van der Waals surface area contributed by atoms with Gasteiger partial charge in [-0.15, -0.1) is 0 Å². The summed E-state index contributed by atoms with van der Waals surface area (Å²) in [5.41, 5.74) is -3.03. The third kappa shape index (κ3) is 4.90. The molecule has 1 saturated carbocycles. The van der Waals surface area contributed by atoms with Crippen molar-refractivity contribution in [1.29, 1.82) is 0 Å². The lowest BCUT2D eigenvalue weighted by atomic mass is 10.0. The van der Waals surface area contributed by atoms with Gasteiger partial charge in [-0.2, -0.15) is 13.2 Å². The first-order valence-corrected chi connectivity index (χ1v) is 7.56. The number of hydrogen-bond donors (Lipinski definition) is 1. The molecule has 1 fully saturated rings. The maximum absolute atomic E-state index is 12.1. The van der Waals surface area contributed by atoms with Crippen molar-refractivity contribution in [2.45, 2.75) is 24.4 Å². The SMILES string of the molecule is COc1ccc(C(NCCSC(F)(F)F)C2CC2)cc1. The van der Waals surface area contributed by atoms with Gasteiger partial charge in [0, 0.05) is 18.3 Å². The minimum Gasteiger partial charge on any atom is -0.497 e. The quantitative estimate of drug-likeness (QED) is 0.770. The van der Waals surface area contributed by atoms with Crippen LogP contribution in [-0.4, -0.2) is 24.9 Å². The molecule has 0 bridgehead atoms. The molecule has 1 aromatic carbocycles. The Hall–Kier alpha value is -0.880. The summed E-state index contributed by atoms with van der Waals surface area (Å²) in [4.78, 5) is 0. The average Bonchev–Trinajstić information content (AvgIpc) is 3.22. The van der Waals surface area contributed by atoms with Crippen LogP contribution in [0.4, 0.5) is 13.2 Å². The first-order valence-electron chi connectivity index (χ1n) is 6.57. The Bertz CT molecular complexity index is 417. The van der Waals surface area contributed by atoms with Gasteiger partial charge in [-0.25, -0.2) is 0 Å². The molecular formula is C14H18F3NOS. The van der Waals surface area contributed by atoms with E-state index in [0.29, 0.717) is 12.5 Å². The molecule has 0 amide bonds. The lowest BCUT2D eigenvalue weighted by molar-refractivity contribution is -0.0327. The summed E-state index contributed by atoms with van der Waals surface area (Å²) in [6, 6.07) is 7.88. The van der Waals surface area contributed by atoms with Crippen molar-refractivity contribution in [3.63, 3.8) is 0 Å². The molecule has 1 aromatic rings. The summed E-state index contributed by atoms with van der Waals surface area (Å²) in [5, 5.41) is 3.25. The number of thioether (sulfide) groups is 1. The lowest BCUT2D eigenvalue weighted by Gasteiger charge is -2.19. The molecule has 0 saturated heterocycles. The van der Waals surface area contributed by atoms with Crippen molar-refractivity contribution in [2.75, 3.05) is 19.4 Å². The van der Waals surface area contributed by atoms with Crippen molar-refractivity contribution in [2.24, 2.45) is 5.92 Å². The van der Waals surface area contributed by atoms with E-state index in [4.69, 9.17) is 4.74 Å². The molecule has 1 aliphatic rings. The highest BCUT2D eigenvalue weighted by atomic mass is 32.2. The molecule has 1 unspecified atom stereocenters. The van der Waals surface area contributed by atoms with Crippen LogP contribution in [0.2, 0.25) is 0 Å². The summed E-state index contributed by atoms with van der Waals surface area (Å²) in [5.74, 6) is 1.37. The zero-order valence-electron chi connectivity index (χ0n) is 11.2. The van der Waals surface area contributed by atoms with Gasteiger partial charge in [-0.3, -0.25) is 0 Å². The van der Waals surface area contributed by atoms with Gasteiger partial charge in [0.1, 0.15) is 5.75 Å². The third-order valence-corrected chi connectivity index (χ3v) is 4.04. The molecule has 2 nitrogen and oxygen atoms in total. The summed E-state index contributed by atoms with van der Waals surface area (Å²) in [6.07, 6.45) is 2.27. The standard InChI is InChI=1S/C14H18F3NOS/c1-19-12-6-4-11(5-7-12)13(10-2-3-10)18-8-9-20-14(15,16)17/h4-7,10,13,18H,2-3,8-9H2,1H3. The normalized spacial score (nSPS) is 17.0. The summed E-state index contributed by atoms with van der Waals surface area (Å²) in [6.45, 7) is 0.359. The van der Waals surface area contributed by atoms with Gasteiger partial charge in [0.25, 0.3) is 0 Å². The van der Waals surface area contributed by atoms with Gasteiger partial charge >= 0.3 is 5.51 Å². The molecule has 0 heterocycles. The number of alkyl halides is 3. The van der Waals surface area contributed by atoms with Crippen LogP contribution < -0.4 is 10.1 Å². The van der Waals surface area contributed by atoms with Crippen molar-refractivity contribution in [3.05, 3.63) is 29.8 Å². The predicted octanol–water partition coefficient (Wildman–Crippen LogP) is 3.99. The fourth-order valence-electron chi connectivity index (χ4n) is 2.18. The first kappa shape index (κ1) is 15.5. The Kier molecular flexibility index (Phi) is 5.21. The van der Waals surface area contributed by atoms with E-state index in [9.17, 15) is 13.2 Å². The van der Waals surface area contributed by atoms with Crippen molar-refractivity contribution >= 4 is 11.8 Å². The fraction of sp³-hybridized carbons (Fsp3) is 0.571. The van der Waals surface area contributed by atoms with E-state index in [2.05, 4.69) is 5.32 Å². The topological polar surface area (TPSA) is 21.3 Å². The van der Waals surface area contributed by atoms with E-state index < -0.39 is 5.51 Å².